The molecule has 1 fully saturated rings. The molecule has 1 aliphatic heterocycles. The zero-order valence-corrected chi connectivity index (χ0v) is 20.0. The highest BCUT2D eigenvalue weighted by molar-refractivity contribution is 6.00. The van der Waals surface area contributed by atoms with Gasteiger partial charge in [-0.25, -0.2) is 4.98 Å². The summed E-state index contributed by atoms with van der Waals surface area (Å²) in [5, 5.41) is 15.1. The predicted molar refractivity (Wildman–Crippen MR) is 133 cm³/mol. The number of ketones is 1. The number of aliphatic hydroxyl groups is 1. The van der Waals surface area contributed by atoms with Crippen LogP contribution in [0.5, 0.6) is 0 Å². The van der Waals surface area contributed by atoms with Gasteiger partial charge in [0.2, 0.25) is 0 Å². The monoisotopic (exact) mass is 472 g/mol. The number of aliphatic hydroxyl groups excluding tert-OH is 1. The van der Waals surface area contributed by atoms with Gasteiger partial charge in [-0.3, -0.25) is 14.6 Å². The number of aryl methyl sites for hydroxylation is 1. The molecule has 0 aliphatic carbocycles. The molecule has 35 heavy (non-hydrogen) atoms. The summed E-state index contributed by atoms with van der Waals surface area (Å²) in [6, 6.07) is 8.17. The van der Waals surface area contributed by atoms with Gasteiger partial charge in [0.15, 0.2) is 11.4 Å². The number of hydrogen-bond acceptors (Lipinski definition) is 7. The van der Waals surface area contributed by atoms with Crippen molar-refractivity contribution in [2.24, 2.45) is 0 Å². The SMILES string of the molecule is CC(=O)c1c(C2CCN(C(=O)[C@@H](C)O)CC2)nc2c(-c3cnc4ccc(C)cc4c3)cnn2c1N. The fraction of sp³-hybridized carbons (Fsp3) is 0.346. The molecule has 9 heteroatoms. The first-order valence-corrected chi connectivity index (χ1v) is 11.8. The van der Waals surface area contributed by atoms with Crippen molar-refractivity contribution >= 4 is 34.1 Å². The number of hydrogen-bond donors (Lipinski definition) is 2. The van der Waals surface area contributed by atoms with E-state index in [0.717, 1.165) is 27.6 Å². The van der Waals surface area contributed by atoms with Crippen LogP contribution in [-0.2, 0) is 4.79 Å². The summed E-state index contributed by atoms with van der Waals surface area (Å²) in [5.74, 6) is -0.236. The smallest absolute Gasteiger partial charge is 0.251 e. The van der Waals surface area contributed by atoms with Crippen LogP contribution < -0.4 is 5.73 Å². The molecule has 3 aromatic heterocycles. The number of nitrogens with zero attached hydrogens (tertiary/aromatic N) is 5. The van der Waals surface area contributed by atoms with E-state index in [4.69, 9.17) is 10.7 Å². The summed E-state index contributed by atoms with van der Waals surface area (Å²) in [4.78, 5) is 36.0. The minimum absolute atomic E-state index is 0.0422. The number of amides is 1. The molecule has 180 valence electrons. The summed E-state index contributed by atoms with van der Waals surface area (Å²) in [7, 11) is 0. The molecule has 0 spiro atoms. The van der Waals surface area contributed by atoms with Crippen molar-refractivity contribution in [2.45, 2.75) is 45.6 Å². The van der Waals surface area contributed by atoms with Gasteiger partial charge < -0.3 is 15.7 Å². The minimum atomic E-state index is -1.03. The number of Topliss-reactive ketones (excluding diaryl/α,β-unsaturated/α-hetero) is 1. The summed E-state index contributed by atoms with van der Waals surface area (Å²) >= 11 is 0. The zero-order valence-electron chi connectivity index (χ0n) is 20.0. The Morgan fingerprint density at radius 3 is 2.60 bits per heavy atom. The zero-order chi connectivity index (χ0) is 24.9. The second-order valence-corrected chi connectivity index (χ2v) is 9.30. The number of nitrogen functional groups attached to an aromatic ring is 1. The molecule has 9 nitrogen and oxygen atoms in total. The van der Waals surface area contributed by atoms with Gasteiger partial charge in [0.05, 0.1) is 23.0 Å². The van der Waals surface area contributed by atoms with E-state index < -0.39 is 6.10 Å². The van der Waals surface area contributed by atoms with Crippen LogP contribution in [0.4, 0.5) is 5.82 Å². The van der Waals surface area contributed by atoms with E-state index in [1.54, 1.807) is 17.3 Å². The van der Waals surface area contributed by atoms with Gasteiger partial charge in [-0.05, 0) is 51.8 Å². The average Bonchev–Trinajstić information content (AvgIpc) is 3.27. The third-order valence-corrected chi connectivity index (χ3v) is 6.76. The third-order valence-electron chi connectivity index (χ3n) is 6.76. The predicted octanol–water partition coefficient (Wildman–Crippen LogP) is 3.12. The Morgan fingerprint density at radius 2 is 1.91 bits per heavy atom. The molecule has 1 atom stereocenters. The van der Waals surface area contributed by atoms with E-state index in [0.29, 0.717) is 42.8 Å². The van der Waals surface area contributed by atoms with Gasteiger partial charge in [-0.2, -0.15) is 9.61 Å². The van der Waals surface area contributed by atoms with E-state index in [2.05, 4.69) is 22.2 Å². The van der Waals surface area contributed by atoms with Crippen molar-refractivity contribution in [1.29, 1.82) is 0 Å². The summed E-state index contributed by atoms with van der Waals surface area (Å²) in [5.41, 5.74) is 11.7. The van der Waals surface area contributed by atoms with E-state index in [-0.39, 0.29) is 23.4 Å². The van der Waals surface area contributed by atoms with Gasteiger partial charge in [0, 0.05) is 41.7 Å². The lowest BCUT2D eigenvalue weighted by Gasteiger charge is -2.33. The molecule has 1 aromatic carbocycles. The van der Waals surface area contributed by atoms with Crippen LogP contribution in [0.1, 0.15) is 54.2 Å². The molecule has 5 rings (SSSR count). The lowest BCUT2D eigenvalue weighted by molar-refractivity contribution is -0.140. The number of pyridine rings is 1. The highest BCUT2D eigenvalue weighted by atomic mass is 16.3. The first-order chi connectivity index (χ1) is 16.7. The number of carbonyl (C=O) groups excluding carboxylic acids is 2. The fourth-order valence-electron chi connectivity index (χ4n) is 4.93. The molecule has 1 aliphatic rings. The number of piperidine rings is 1. The molecular formula is C26H28N6O3. The molecule has 1 saturated heterocycles. The number of nitrogens with two attached hydrogens (primary N) is 1. The molecule has 3 N–H and O–H groups in total. The third kappa shape index (κ3) is 4.01. The summed E-state index contributed by atoms with van der Waals surface area (Å²) in [6.07, 6.45) is 3.72. The number of anilines is 1. The Labute approximate surface area is 202 Å². The number of rotatable bonds is 4. The summed E-state index contributed by atoms with van der Waals surface area (Å²) in [6.45, 7) is 5.97. The average molecular weight is 473 g/mol. The Kier molecular flexibility index (Phi) is 5.72. The van der Waals surface area contributed by atoms with Crippen molar-refractivity contribution in [2.75, 3.05) is 18.8 Å². The highest BCUT2D eigenvalue weighted by Gasteiger charge is 2.31. The van der Waals surface area contributed by atoms with Crippen LogP contribution in [0.25, 0.3) is 27.7 Å². The van der Waals surface area contributed by atoms with Crippen LogP contribution in [0.2, 0.25) is 0 Å². The molecule has 0 radical (unpaired) electrons. The number of likely N-dealkylation sites (tertiary alicyclic amines) is 1. The molecular weight excluding hydrogens is 444 g/mol. The molecule has 4 aromatic rings. The van der Waals surface area contributed by atoms with Gasteiger partial charge in [0.25, 0.3) is 5.91 Å². The quantitative estimate of drug-likeness (QED) is 0.437. The maximum Gasteiger partial charge on any atom is 0.251 e. The van der Waals surface area contributed by atoms with Crippen LogP contribution in [0, 0.1) is 6.92 Å². The fourth-order valence-corrected chi connectivity index (χ4v) is 4.93. The van der Waals surface area contributed by atoms with Gasteiger partial charge >= 0.3 is 0 Å². The van der Waals surface area contributed by atoms with E-state index in [9.17, 15) is 14.7 Å². The Bertz CT molecular complexity index is 1470. The van der Waals surface area contributed by atoms with Crippen LogP contribution in [0.15, 0.2) is 36.7 Å². The molecule has 0 bridgehead atoms. The molecule has 0 unspecified atom stereocenters. The van der Waals surface area contributed by atoms with Crippen molar-refractivity contribution in [3.05, 3.63) is 53.5 Å². The van der Waals surface area contributed by atoms with Crippen LogP contribution >= 0.6 is 0 Å². The maximum atomic E-state index is 12.6. The lowest BCUT2D eigenvalue weighted by Crippen LogP contribution is -2.42. The normalized spacial score (nSPS) is 15.6. The van der Waals surface area contributed by atoms with E-state index >= 15 is 0 Å². The second kappa shape index (κ2) is 8.74. The van der Waals surface area contributed by atoms with Crippen molar-refractivity contribution < 1.29 is 14.7 Å². The maximum absolute atomic E-state index is 12.6. The van der Waals surface area contributed by atoms with Crippen molar-refractivity contribution in [1.82, 2.24) is 24.5 Å². The number of benzene rings is 1. The topological polar surface area (TPSA) is 127 Å². The lowest BCUT2D eigenvalue weighted by atomic mass is 9.89. The molecule has 1 amide bonds. The largest absolute Gasteiger partial charge is 0.384 e. The number of aromatic nitrogens is 4. The Hall–Kier alpha value is -3.85. The molecule has 0 saturated carbocycles. The summed E-state index contributed by atoms with van der Waals surface area (Å²) < 4.78 is 1.52. The van der Waals surface area contributed by atoms with Gasteiger partial charge in [-0.15, -0.1) is 0 Å². The number of carbonyl (C=O) groups is 2. The standard InChI is InChI=1S/C26H28N6O3/c1-14-4-5-21-18(10-14)11-19(12-28-21)20-13-29-32-24(27)22(15(2)33)23(30-25(20)32)17-6-8-31(9-7-17)26(35)16(3)34/h4-5,10-13,16-17,34H,6-9,27H2,1-3H3/t16-/m1/s1. The highest BCUT2D eigenvalue weighted by Crippen LogP contribution is 2.35. The Morgan fingerprint density at radius 1 is 1.17 bits per heavy atom. The van der Waals surface area contributed by atoms with E-state index in [1.165, 1.54) is 18.4 Å². The van der Waals surface area contributed by atoms with Crippen LogP contribution in [-0.4, -0.2) is 60.5 Å². The Balaban J connectivity index is 1.59. The second-order valence-electron chi connectivity index (χ2n) is 9.30. The number of fused-ring (bicyclic) bond motifs is 2. The first kappa shape index (κ1) is 22.9. The van der Waals surface area contributed by atoms with Crippen molar-refractivity contribution in [3.63, 3.8) is 0 Å². The van der Waals surface area contributed by atoms with E-state index in [1.807, 2.05) is 19.1 Å². The van der Waals surface area contributed by atoms with Gasteiger partial charge in [0.1, 0.15) is 11.9 Å². The van der Waals surface area contributed by atoms with Gasteiger partial charge in [-0.1, -0.05) is 11.6 Å². The molecule has 4 heterocycles. The first-order valence-electron chi connectivity index (χ1n) is 11.8. The minimum Gasteiger partial charge on any atom is -0.384 e. The van der Waals surface area contributed by atoms with Crippen LogP contribution in [0.3, 0.4) is 0 Å². The van der Waals surface area contributed by atoms with Crippen molar-refractivity contribution in [3.8, 4) is 11.1 Å².